The van der Waals surface area contributed by atoms with Gasteiger partial charge in [0.15, 0.2) is 0 Å². The van der Waals surface area contributed by atoms with Crippen molar-refractivity contribution in [1.82, 2.24) is 0 Å². The zero-order valence-corrected chi connectivity index (χ0v) is 11.6. The number of hydrogen-bond donors (Lipinski definition) is 0. The van der Waals surface area contributed by atoms with Gasteiger partial charge in [-0.25, -0.2) is 4.39 Å². The van der Waals surface area contributed by atoms with Crippen LogP contribution in [0.1, 0.15) is 5.56 Å². The van der Waals surface area contributed by atoms with Crippen molar-refractivity contribution in [3.8, 4) is 0 Å². The maximum Gasteiger partial charge on any atom is 0.416 e. The van der Waals surface area contributed by atoms with Crippen LogP contribution in [-0.2, 0) is 6.18 Å². The van der Waals surface area contributed by atoms with Gasteiger partial charge >= 0.3 is 6.18 Å². The molecule has 6 heteroatoms. The highest BCUT2D eigenvalue weighted by Gasteiger charge is 2.39. The first-order chi connectivity index (χ1) is 7.05. The highest BCUT2D eigenvalue weighted by Crippen LogP contribution is 2.31. The molecule has 0 aliphatic rings. The Morgan fingerprint density at radius 1 is 1.12 bits per heavy atom. The second-order valence-corrected chi connectivity index (χ2v) is 10.4. The average Bonchev–Trinajstić information content (AvgIpc) is 2.05. The lowest BCUT2D eigenvalue weighted by atomic mass is 10.2. The van der Waals surface area contributed by atoms with Crippen molar-refractivity contribution in [1.29, 1.82) is 0 Å². The molecule has 0 bridgehead atoms. The summed E-state index contributed by atoms with van der Waals surface area (Å²) in [6, 6.07) is 2.03. The van der Waals surface area contributed by atoms with Crippen LogP contribution in [0.25, 0.3) is 0 Å². The molecule has 1 aromatic rings. The molecule has 0 saturated heterocycles. The van der Waals surface area contributed by atoms with Crippen LogP contribution in [0.15, 0.2) is 16.6 Å². The van der Waals surface area contributed by atoms with E-state index in [2.05, 4.69) is 15.9 Å². The Morgan fingerprint density at radius 2 is 1.62 bits per heavy atom. The van der Waals surface area contributed by atoms with Crippen molar-refractivity contribution >= 4 is 29.2 Å². The van der Waals surface area contributed by atoms with Crippen LogP contribution in [0, 0.1) is 5.82 Å². The maximum atomic E-state index is 13.8. The summed E-state index contributed by atoms with van der Waals surface area (Å²) in [5.41, 5.74) is -0.854. The molecule has 0 amide bonds. The van der Waals surface area contributed by atoms with E-state index >= 15 is 0 Å². The summed E-state index contributed by atoms with van der Waals surface area (Å²) in [6.07, 6.45) is -4.50. The molecule has 1 rings (SSSR count). The van der Waals surface area contributed by atoms with Crippen LogP contribution in [0.3, 0.4) is 0 Å². The van der Waals surface area contributed by atoms with E-state index in [0.717, 1.165) is 12.1 Å². The molecule has 0 saturated carbocycles. The van der Waals surface area contributed by atoms with Crippen molar-refractivity contribution in [3.05, 3.63) is 28.0 Å². The molecule has 0 radical (unpaired) electrons. The lowest BCUT2D eigenvalue weighted by Gasteiger charge is -2.23. The van der Waals surface area contributed by atoms with Crippen LogP contribution in [0.2, 0.25) is 19.6 Å². The van der Waals surface area contributed by atoms with E-state index in [9.17, 15) is 17.6 Å². The highest BCUT2D eigenvalue weighted by molar-refractivity contribution is 9.10. The van der Waals surface area contributed by atoms with E-state index in [0.29, 0.717) is 0 Å². The molecule has 0 atom stereocenters. The molecule has 0 aliphatic carbocycles. The fraction of sp³-hybridized carbons (Fsp3) is 0.400. The molecule has 0 aliphatic heterocycles. The summed E-state index contributed by atoms with van der Waals surface area (Å²) in [5.74, 6) is -0.783. The molecule has 0 aromatic heterocycles. The first-order valence-electron chi connectivity index (χ1n) is 4.61. The largest absolute Gasteiger partial charge is 0.416 e. The molecule has 0 unspecified atom stereocenters. The Hall–Kier alpha value is -0.363. The third-order valence-electron chi connectivity index (χ3n) is 2.15. The van der Waals surface area contributed by atoms with Crippen molar-refractivity contribution < 1.29 is 17.6 Å². The van der Waals surface area contributed by atoms with Crippen LogP contribution in [-0.4, -0.2) is 8.07 Å². The lowest BCUT2D eigenvalue weighted by Crippen LogP contribution is -2.44. The lowest BCUT2D eigenvalue weighted by molar-refractivity contribution is -0.136. The Kier molecular flexibility index (Phi) is 3.55. The van der Waals surface area contributed by atoms with Gasteiger partial charge in [0, 0.05) is 0 Å². The second kappa shape index (κ2) is 4.14. The highest BCUT2D eigenvalue weighted by atomic mass is 79.9. The minimum Gasteiger partial charge on any atom is -0.206 e. The smallest absolute Gasteiger partial charge is 0.206 e. The minimum atomic E-state index is -4.50. The molecule has 1 aromatic carbocycles. The second-order valence-electron chi connectivity index (χ2n) is 4.53. The van der Waals surface area contributed by atoms with Gasteiger partial charge in [-0.05, 0) is 33.2 Å². The molecule has 0 heterocycles. The zero-order chi connectivity index (χ0) is 12.7. The van der Waals surface area contributed by atoms with Crippen LogP contribution >= 0.6 is 15.9 Å². The summed E-state index contributed by atoms with van der Waals surface area (Å²) >= 11 is 2.92. The quantitative estimate of drug-likeness (QED) is 0.539. The first-order valence-corrected chi connectivity index (χ1v) is 8.90. The van der Waals surface area contributed by atoms with E-state index < -0.39 is 25.6 Å². The van der Waals surface area contributed by atoms with Crippen LogP contribution in [0.4, 0.5) is 17.6 Å². The monoisotopic (exact) mass is 314 g/mol. The molecule has 0 spiro atoms. The van der Waals surface area contributed by atoms with Gasteiger partial charge in [0.25, 0.3) is 0 Å². The number of hydrogen-bond acceptors (Lipinski definition) is 0. The third-order valence-corrected chi connectivity index (χ3v) is 4.75. The summed E-state index contributed by atoms with van der Waals surface area (Å²) in [7, 11) is -2.39. The summed E-state index contributed by atoms with van der Waals surface area (Å²) in [6.45, 7) is 5.06. The Balaban J connectivity index is 3.59. The maximum absolute atomic E-state index is 13.8. The normalized spacial score (nSPS) is 13.0. The number of rotatable bonds is 1. The van der Waals surface area contributed by atoms with Gasteiger partial charge < -0.3 is 0 Å². The number of benzene rings is 1. The Labute approximate surface area is 101 Å². The van der Waals surface area contributed by atoms with Gasteiger partial charge in [-0.1, -0.05) is 19.6 Å². The molecular formula is C10H11BrF4Si. The van der Waals surface area contributed by atoms with Gasteiger partial charge in [-0.2, -0.15) is 13.2 Å². The van der Waals surface area contributed by atoms with Crippen LogP contribution < -0.4 is 5.19 Å². The van der Waals surface area contributed by atoms with Gasteiger partial charge in [0.2, 0.25) is 0 Å². The number of alkyl halides is 3. The van der Waals surface area contributed by atoms with Gasteiger partial charge in [0.1, 0.15) is 5.82 Å². The molecular weight excluding hydrogens is 304 g/mol. The van der Waals surface area contributed by atoms with Crippen LogP contribution in [0.5, 0.6) is 0 Å². The fourth-order valence-electron chi connectivity index (χ4n) is 1.52. The molecule has 0 fully saturated rings. The van der Waals surface area contributed by atoms with Gasteiger partial charge in [-0.15, -0.1) is 0 Å². The third kappa shape index (κ3) is 2.66. The SMILES string of the molecule is C[Si](C)(C)c1c(C(F)(F)F)ccc(Br)c1F. The Bertz CT molecular complexity index is 407. The molecule has 0 N–H and O–H groups in total. The van der Waals surface area contributed by atoms with E-state index in [1.54, 1.807) is 19.6 Å². The molecule has 16 heavy (non-hydrogen) atoms. The first kappa shape index (κ1) is 13.7. The van der Waals surface area contributed by atoms with Crippen molar-refractivity contribution in [2.24, 2.45) is 0 Å². The van der Waals surface area contributed by atoms with E-state index in [1.165, 1.54) is 0 Å². The predicted octanol–water partition coefficient (Wildman–Crippen LogP) is 4.15. The average molecular weight is 315 g/mol. The topological polar surface area (TPSA) is 0 Å². The standard InChI is InChI=1S/C10H11BrF4Si/c1-16(2,3)9-6(10(13,14)15)4-5-7(11)8(9)12/h4-5H,1-3H3. The fourth-order valence-corrected chi connectivity index (χ4v) is 3.86. The van der Waals surface area contributed by atoms with Crippen molar-refractivity contribution in [3.63, 3.8) is 0 Å². The summed E-state index contributed by atoms with van der Waals surface area (Å²) in [4.78, 5) is 0. The predicted molar refractivity (Wildman–Crippen MR) is 62.1 cm³/mol. The van der Waals surface area contributed by atoms with E-state index in [1.807, 2.05) is 0 Å². The minimum absolute atomic E-state index is 0.0814. The molecule has 0 nitrogen and oxygen atoms in total. The Morgan fingerprint density at radius 3 is 2.00 bits per heavy atom. The van der Waals surface area contributed by atoms with Crippen molar-refractivity contribution in [2.75, 3.05) is 0 Å². The summed E-state index contributed by atoms with van der Waals surface area (Å²) < 4.78 is 52.0. The molecule has 90 valence electrons. The van der Waals surface area contributed by atoms with Gasteiger partial charge in [0.05, 0.1) is 18.1 Å². The van der Waals surface area contributed by atoms with E-state index in [-0.39, 0.29) is 9.66 Å². The van der Waals surface area contributed by atoms with Crippen molar-refractivity contribution in [2.45, 2.75) is 25.8 Å². The number of halogens is 5. The van der Waals surface area contributed by atoms with E-state index in [4.69, 9.17) is 0 Å². The summed E-state index contributed by atoms with van der Waals surface area (Å²) in [5, 5.41) is -0.172. The zero-order valence-electron chi connectivity index (χ0n) is 9.04. The van der Waals surface area contributed by atoms with Gasteiger partial charge in [-0.3, -0.25) is 0 Å².